The van der Waals surface area contributed by atoms with E-state index in [-0.39, 0.29) is 0 Å². The summed E-state index contributed by atoms with van der Waals surface area (Å²) in [6.45, 7) is 6.76. The van der Waals surface area contributed by atoms with Crippen LogP contribution in [0.4, 0.5) is 0 Å². The first-order valence-electron chi connectivity index (χ1n) is 4.27. The molecule has 0 unspecified atom stereocenters. The third-order valence-corrected chi connectivity index (χ3v) is 2.00. The van der Waals surface area contributed by atoms with Crippen LogP contribution in [-0.2, 0) is 4.79 Å². The topological polar surface area (TPSA) is 83.5 Å². The second-order valence-corrected chi connectivity index (χ2v) is 4.79. The highest BCUT2D eigenvalue weighted by Gasteiger charge is 2.36. The first kappa shape index (κ1) is 12.4. The third kappa shape index (κ3) is 4.24. The number of nitrogens with two attached hydrogens (primary N) is 1. The molecule has 4 nitrogen and oxygen atoms in total. The second-order valence-electron chi connectivity index (χ2n) is 4.79. The van der Waals surface area contributed by atoms with Crippen molar-refractivity contribution in [2.75, 3.05) is 0 Å². The maximum atomic E-state index is 10.6. The number of aliphatic carboxylic acids is 1. The van der Waals surface area contributed by atoms with Gasteiger partial charge in [0.2, 0.25) is 0 Å². The summed E-state index contributed by atoms with van der Waals surface area (Å²) in [5.41, 5.74) is 3.99. The van der Waals surface area contributed by atoms with Gasteiger partial charge >= 0.3 is 5.97 Å². The highest BCUT2D eigenvalue weighted by molar-refractivity contribution is 5.74. The lowest BCUT2D eigenvalue weighted by Crippen LogP contribution is -2.47. The van der Waals surface area contributed by atoms with E-state index in [2.05, 4.69) is 0 Å². The highest BCUT2D eigenvalue weighted by atomic mass is 16.4. The summed E-state index contributed by atoms with van der Waals surface area (Å²) in [5.74, 6) is -1.03. The number of carbonyl (C=O) groups is 1. The van der Waals surface area contributed by atoms with E-state index in [1.807, 2.05) is 0 Å². The zero-order chi connectivity index (χ0) is 10.9. The van der Waals surface area contributed by atoms with Gasteiger partial charge < -0.3 is 15.9 Å². The molecule has 4 heteroatoms. The molecule has 0 saturated carbocycles. The minimum absolute atomic E-state index is 0.355. The van der Waals surface area contributed by atoms with E-state index in [1.54, 1.807) is 27.7 Å². The van der Waals surface area contributed by atoms with Crippen molar-refractivity contribution in [3.63, 3.8) is 0 Å². The summed E-state index contributed by atoms with van der Waals surface area (Å²) in [7, 11) is 0. The zero-order valence-corrected chi connectivity index (χ0v) is 8.66. The molecule has 0 radical (unpaired) electrons. The molecular weight excluding hydrogens is 170 g/mol. The number of hydrogen-bond acceptors (Lipinski definition) is 3. The number of carboxylic acid groups (broad SMARTS) is 1. The molecule has 0 aromatic rings. The predicted octanol–water partition coefficient (Wildman–Crippen LogP) is 0.585. The van der Waals surface area contributed by atoms with E-state index in [0.29, 0.717) is 6.42 Å². The van der Waals surface area contributed by atoms with Gasteiger partial charge in [-0.15, -0.1) is 0 Å². The van der Waals surface area contributed by atoms with Crippen LogP contribution in [0.2, 0.25) is 0 Å². The number of aliphatic hydroxyl groups is 1. The van der Waals surface area contributed by atoms with Crippen LogP contribution in [0, 0.1) is 5.41 Å². The first-order valence-corrected chi connectivity index (χ1v) is 4.27. The molecule has 78 valence electrons. The lowest BCUT2D eigenvalue weighted by atomic mass is 9.76. The average molecular weight is 189 g/mol. The van der Waals surface area contributed by atoms with Gasteiger partial charge in [-0.05, 0) is 25.7 Å². The van der Waals surface area contributed by atoms with Crippen LogP contribution in [0.5, 0.6) is 0 Å². The monoisotopic (exact) mass is 189 g/mol. The van der Waals surface area contributed by atoms with Crippen LogP contribution in [0.25, 0.3) is 0 Å². The number of hydrogen-bond donors (Lipinski definition) is 3. The van der Waals surface area contributed by atoms with Crippen LogP contribution >= 0.6 is 0 Å². The van der Waals surface area contributed by atoms with Crippen molar-refractivity contribution in [2.45, 2.75) is 45.8 Å². The van der Waals surface area contributed by atoms with Crippen molar-refractivity contribution in [1.82, 2.24) is 0 Å². The first-order chi connectivity index (χ1) is 5.56. The van der Waals surface area contributed by atoms with E-state index in [1.165, 1.54) is 0 Å². The molecule has 4 N–H and O–H groups in total. The van der Waals surface area contributed by atoms with E-state index in [9.17, 15) is 9.90 Å². The summed E-state index contributed by atoms with van der Waals surface area (Å²) in [5, 5.41) is 18.2. The van der Waals surface area contributed by atoms with Gasteiger partial charge in [-0.1, -0.05) is 13.8 Å². The Bertz CT molecular complexity index is 194. The van der Waals surface area contributed by atoms with E-state index in [4.69, 9.17) is 10.8 Å². The molecule has 0 spiro atoms. The van der Waals surface area contributed by atoms with Crippen molar-refractivity contribution >= 4 is 5.97 Å². The number of carboxylic acids is 1. The van der Waals surface area contributed by atoms with Crippen molar-refractivity contribution < 1.29 is 15.0 Å². The Morgan fingerprint density at radius 2 is 1.77 bits per heavy atom. The molecule has 0 amide bonds. The summed E-state index contributed by atoms with van der Waals surface area (Å²) in [4.78, 5) is 10.6. The summed E-state index contributed by atoms with van der Waals surface area (Å²) in [6, 6.07) is -0.945. The Labute approximate surface area is 78.7 Å². The molecule has 0 aliphatic rings. The summed E-state index contributed by atoms with van der Waals surface area (Å²) < 4.78 is 0. The van der Waals surface area contributed by atoms with Crippen LogP contribution in [0.1, 0.15) is 34.1 Å². The average Bonchev–Trinajstić information content (AvgIpc) is 1.80. The molecule has 0 fully saturated rings. The van der Waals surface area contributed by atoms with Gasteiger partial charge in [-0.3, -0.25) is 4.79 Å². The Morgan fingerprint density at radius 1 is 1.38 bits per heavy atom. The molecule has 0 saturated heterocycles. The molecule has 1 atom stereocenters. The Hall–Kier alpha value is -0.610. The van der Waals surface area contributed by atoms with Crippen molar-refractivity contribution in [1.29, 1.82) is 0 Å². The molecule has 0 aliphatic carbocycles. The largest absolute Gasteiger partial charge is 0.480 e. The third-order valence-electron chi connectivity index (χ3n) is 2.00. The number of rotatable bonds is 4. The normalized spacial score (nSPS) is 15.5. The maximum absolute atomic E-state index is 10.6. The Morgan fingerprint density at radius 3 is 2.00 bits per heavy atom. The molecule has 0 aliphatic heterocycles. The smallest absolute Gasteiger partial charge is 0.321 e. The summed E-state index contributed by atoms with van der Waals surface area (Å²) >= 11 is 0. The minimum atomic E-state index is -1.03. The molecule has 0 aromatic heterocycles. The minimum Gasteiger partial charge on any atom is -0.480 e. The zero-order valence-electron chi connectivity index (χ0n) is 8.66. The van der Waals surface area contributed by atoms with Crippen molar-refractivity contribution in [3.05, 3.63) is 0 Å². The standard InChI is InChI=1S/C9H19NO3/c1-8(2,5-9(3,4)13)6(10)7(11)12/h6,13H,5,10H2,1-4H3,(H,11,12)/t6-/m1/s1. The van der Waals surface area contributed by atoms with Gasteiger partial charge in [0.1, 0.15) is 6.04 Å². The van der Waals surface area contributed by atoms with Crippen LogP contribution < -0.4 is 5.73 Å². The molecule has 0 aromatic carbocycles. The van der Waals surface area contributed by atoms with Crippen LogP contribution in [-0.4, -0.2) is 27.8 Å². The maximum Gasteiger partial charge on any atom is 0.321 e. The van der Waals surface area contributed by atoms with E-state index >= 15 is 0 Å². The lowest BCUT2D eigenvalue weighted by molar-refractivity contribution is -0.142. The molecule has 0 rings (SSSR count). The van der Waals surface area contributed by atoms with Gasteiger partial charge in [-0.2, -0.15) is 0 Å². The Kier molecular flexibility index (Phi) is 3.47. The molecule has 0 bridgehead atoms. The van der Waals surface area contributed by atoms with Gasteiger partial charge in [0, 0.05) is 0 Å². The van der Waals surface area contributed by atoms with Gasteiger partial charge in [0.05, 0.1) is 5.60 Å². The van der Waals surface area contributed by atoms with Gasteiger partial charge in [0.15, 0.2) is 0 Å². The fourth-order valence-electron chi connectivity index (χ4n) is 1.56. The van der Waals surface area contributed by atoms with E-state index < -0.39 is 23.0 Å². The second kappa shape index (κ2) is 3.64. The molecule has 0 heterocycles. The summed E-state index contributed by atoms with van der Waals surface area (Å²) in [6.07, 6.45) is 0.355. The lowest BCUT2D eigenvalue weighted by Gasteiger charge is -2.34. The van der Waals surface area contributed by atoms with Gasteiger partial charge in [-0.25, -0.2) is 0 Å². The molecule has 13 heavy (non-hydrogen) atoms. The highest BCUT2D eigenvalue weighted by Crippen LogP contribution is 2.30. The van der Waals surface area contributed by atoms with Crippen molar-refractivity contribution in [3.8, 4) is 0 Å². The fraction of sp³-hybridized carbons (Fsp3) is 0.889. The van der Waals surface area contributed by atoms with Gasteiger partial charge in [0.25, 0.3) is 0 Å². The van der Waals surface area contributed by atoms with Crippen LogP contribution in [0.15, 0.2) is 0 Å². The van der Waals surface area contributed by atoms with Crippen LogP contribution in [0.3, 0.4) is 0 Å². The quantitative estimate of drug-likeness (QED) is 0.604. The fourth-order valence-corrected chi connectivity index (χ4v) is 1.56. The predicted molar refractivity (Wildman–Crippen MR) is 50.3 cm³/mol. The van der Waals surface area contributed by atoms with E-state index in [0.717, 1.165) is 0 Å². The Balaban J connectivity index is 4.48. The van der Waals surface area contributed by atoms with Crippen molar-refractivity contribution in [2.24, 2.45) is 11.1 Å². The molecular formula is C9H19NO3. The SMILES string of the molecule is CC(C)(O)CC(C)(C)[C@H](N)C(=O)O.